The van der Waals surface area contributed by atoms with Crippen molar-refractivity contribution in [3.8, 4) is 0 Å². The summed E-state index contributed by atoms with van der Waals surface area (Å²) in [6.07, 6.45) is 1.61. The average molecular weight is 128 g/mol. The molecule has 0 radical (unpaired) electrons. The van der Waals surface area contributed by atoms with E-state index in [2.05, 4.69) is 11.9 Å². The summed E-state index contributed by atoms with van der Waals surface area (Å²) in [6.45, 7) is 5.56. The minimum absolute atomic E-state index is 0.144. The molecule has 0 aliphatic carbocycles. The predicted octanol–water partition coefficient (Wildman–Crippen LogP) is -0.364. The second-order valence-corrected chi connectivity index (χ2v) is 1.82. The number of nitrogens with one attached hydrogen (secondary N) is 1. The van der Waals surface area contributed by atoms with Crippen LogP contribution in [0.4, 0.5) is 0 Å². The van der Waals surface area contributed by atoms with Gasteiger partial charge in [0, 0.05) is 6.54 Å². The van der Waals surface area contributed by atoms with Crippen molar-refractivity contribution in [3.05, 3.63) is 12.7 Å². The molecule has 1 amide bonds. The summed E-state index contributed by atoms with van der Waals surface area (Å²) in [7, 11) is 0. The van der Waals surface area contributed by atoms with Crippen LogP contribution < -0.4 is 11.1 Å². The summed E-state index contributed by atoms with van der Waals surface area (Å²) in [6, 6.07) is -0.426. The molecule has 3 heteroatoms. The van der Waals surface area contributed by atoms with Crippen LogP contribution in [-0.4, -0.2) is 18.5 Å². The summed E-state index contributed by atoms with van der Waals surface area (Å²) in [5.74, 6) is -0.144. The van der Waals surface area contributed by atoms with Crippen molar-refractivity contribution in [2.75, 3.05) is 6.54 Å². The zero-order valence-corrected chi connectivity index (χ0v) is 5.55. The van der Waals surface area contributed by atoms with Gasteiger partial charge in [0.15, 0.2) is 0 Å². The molecule has 0 aromatic rings. The minimum atomic E-state index is -0.426. The van der Waals surface area contributed by atoms with Crippen LogP contribution in [0.5, 0.6) is 0 Å². The molecule has 0 heterocycles. The fourth-order valence-electron chi connectivity index (χ4n) is 0.334. The number of rotatable bonds is 3. The van der Waals surface area contributed by atoms with E-state index in [9.17, 15) is 4.79 Å². The van der Waals surface area contributed by atoms with Crippen molar-refractivity contribution in [2.24, 2.45) is 5.73 Å². The molecular weight excluding hydrogens is 116 g/mol. The van der Waals surface area contributed by atoms with Crippen LogP contribution in [0.2, 0.25) is 0 Å². The molecule has 0 bridgehead atoms. The van der Waals surface area contributed by atoms with E-state index < -0.39 is 6.04 Å². The van der Waals surface area contributed by atoms with Crippen molar-refractivity contribution in [1.29, 1.82) is 0 Å². The highest BCUT2D eigenvalue weighted by Crippen LogP contribution is 1.72. The summed E-state index contributed by atoms with van der Waals surface area (Å²) in [5, 5.41) is 2.55. The Hall–Kier alpha value is -0.830. The number of hydrogen-bond donors (Lipinski definition) is 2. The number of hydrogen-bond acceptors (Lipinski definition) is 2. The first-order valence-electron chi connectivity index (χ1n) is 2.82. The van der Waals surface area contributed by atoms with Gasteiger partial charge in [0.05, 0.1) is 6.04 Å². The molecule has 0 aromatic carbocycles. The van der Waals surface area contributed by atoms with Gasteiger partial charge in [-0.2, -0.15) is 0 Å². The topological polar surface area (TPSA) is 55.1 Å². The molecule has 52 valence electrons. The van der Waals surface area contributed by atoms with E-state index in [-0.39, 0.29) is 5.91 Å². The highest BCUT2D eigenvalue weighted by atomic mass is 16.2. The van der Waals surface area contributed by atoms with E-state index in [1.54, 1.807) is 13.0 Å². The van der Waals surface area contributed by atoms with Gasteiger partial charge in [-0.1, -0.05) is 6.08 Å². The smallest absolute Gasteiger partial charge is 0.236 e. The standard InChI is InChI=1S/C6H12N2O/c1-3-4-8-6(9)5(2)7/h3,5H,1,4,7H2,2H3,(H,8,9)/t5-/m1/s1. The molecular formula is C6H12N2O. The monoisotopic (exact) mass is 128 g/mol. The van der Waals surface area contributed by atoms with E-state index >= 15 is 0 Å². The maximum atomic E-state index is 10.6. The predicted molar refractivity (Wildman–Crippen MR) is 36.9 cm³/mol. The van der Waals surface area contributed by atoms with E-state index in [0.29, 0.717) is 6.54 Å². The second-order valence-electron chi connectivity index (χ2n) is 1.82. The molecule has 0 spiro atoms. The molecule has 3 N–H and O–H groups in total. The van der Waals surface area contributed by atoms with Gasteiger partial charge in [0.2, 0.25) is 5.91 Å². The largest absolute Gasteiger partial charge is 0.351 e. The van der Waals surface area contributed by atoms with Crippen LogP contribution in [-0.2, 0) is 4.79 Å². The molecule has 0 saturated heterocycles. The van der Waals surface area contributed by atoms with Crippen LogP contribution in [0.25, 0.3) is 0 Å². The molecule has 0 fully saturated rings. The fraction of sp³-hybridized carbons (Fsp3) is 0.500. The van der Waals surface area contributed by atoms with E-state index in [4.69, 9.17) is 5.73 Å². The molecule has 0 aliphatic rings. The van der Waals surface area contributed by atoms with Crippen molar-refractivity contribution in [2.45, 2.75) is 13.0 Å². The first-order chi connectivity index (χ1) is 4.18. The summed E-state index contributed by atoms with van der Waals surface area (Å²) in [4.78, 5) is 10.6. The van der Waals surface area contributed by atoms with Gasteiger partial charge in [-0.25, -0.2) is 0 Å². The van der Waals surface area contributed by atoms with Crippen LogP contribution in [0.3, 0.4) is 0 Å². The third kappa shape index (κ3) is 3.73. The average Bonchev–Trinajstić information content (AvgIpc) is 1.82. The lowest BCUT2D eigenvalue weighted by Crippen LogP contribution is -2.38. The molecule has 1 atom stereocenters. The van der Waals surface area contributed by atoms with Gasteiger partial charge in [-0.05, 0) is 6.92 Å². The lowest BCUT2D eigenvalue weighted by atomic mass is 10.3. The Bertz CT molecular complexity index is 110. The summed E-state index contributed by atoms with van der Waals surface area (Å²) in [5.41, 5.74) is 5.23. The van der Waals surface area contributed by atoms with Gasteiger partial charge in [-0.3, -0.25) is 4.79 Å². The summed E-state index contributed by atoms with van der Waals surface area (Å²) < 4.78 is 0. The molecule has 0 unspecified atom stereocenters. The molecule has 0 aromatic heterocycles. The van der Waals surface area contributed by atoms with E-state index in [1.807, 2.05) is 0 Å². The van der Waals surface area contributed by atoms with E-state index in [0.717, 1.165) is 0 Å². The third-order valence-electron chi connectivity index (χ3n) is 0.834. The zero-order valence-electron chi connectivity index (χ0n) is 5.55. The maximum absolute atomic E-state index is 10.6. The first-order valence-corrected chi connectivity index (χ1v) is 2.82. The Balaban J connectivity index is 3.38. The molecule has 3 nitrogen and oxygen atoms in total. The number of nitrogens with two attached hydrogens (primary N) is 1. The lowest BCUT2D eigenvalue weighted by molar-refractivity contribution is -0.121. The highest BCUT2D eigenvalue weighted by molar-refractivity contribution is 5.81. The SMILES string of the molecule is C=CCNC(=O)[C@@H](C)N. The van der Waals surface area contributed by atoms with Crippen molar-refractivity contribution in [1.82, 2.24) is 5.32 Å². The van der Waals surface area contributed by atoms with Crippen LogP contribution in [0, 0.1) is 0 Å². The van der Waals surface area contributed by atoms with Crippen LogP contribution in [0.1, 0.15) is 6.92 Å². The Labute approximate surface area is 54.9 Å². The number of amides is 1. The van der Waals surface area contributed by atoms with Crippen molar-refractivity contribution >= 4 is 5.91 Å². The molecule has 0 rings (SSSR count). The Morgan fingerprint density at radius 1 is 2.00 bits per heavy atom. The lowest BCUT2D eigenvalue weighted by Gasteiger charge is -2.03. The minimum Gasteiger partial charge on any atom is -0.351 e. The Kier molecular flexibility index (Phi) is 3.71. The number of carbonyl (C=O) groups excluding carboxylic acids is 1. The fourth-order valence-corrected chi connectivity index (χ4v) is 0.334. The van der Waals surface area contributed by atoms with Gasteiger partial charge in [0.1, 0.15) is 0 Å². The maximum Gasteiger partial charge on any atom is 0.236 e. The first kappa shape index (κ1) is 8.17. The quantitative estimate of drug-likeness (QED) is 0.510. The van der Waals surface area contributed by atoms with Gasteiger partial charge in [-0.15, -0.1) is 6.58 Å². The highest BCUT2D eigenvalue weighted by Gasteiger charge is 2.02. The second kappa shape index (κ2) is 4.09. The van der Waals surface area contributed by atoms with Crippen LogP contribution >= 0.6 is 0 Å². The Morgan fingerprint density at radius 3 is 2.89 bits per heavy atom. The Morgan fingerprint density at radius 2 is 2.56 bits per heavy atom. The van der Waals surface area contributed by atoms with Crippen LogP contribution in [0.15, 0.2) is 12.7 Å². The zero-order chi connectivity index (χ0) is 7.28. The van der Waals surface area contributed by atoms with Crippen molar-refractivity contribution < 1.29 is 4.79 Å². The normalized spacial score (nSPS) is 12.2. The van der Waals surface area contributed by atoms with Gasteiger partial charge >= 0.3 is 0 Å². The molecule has 0 saturated carbocycles. The molecule has 0 aliphatic heterocycles. The molecule has 9 heavy (non-hydrogen) atoms. The third-order valence-corrected chi connectivity index (χ3v) is 0.834. The van der Waals surface area contributed by atoms with Gasteiger partial charge in [0.25, 0.3) is 0 Å². The summed E-state index contributed by atoms with van der Waals surface area (Å²) >= 11 is 0. The van der Waals surface area contributed by atoms with Gasteiger partial charge < -0.3 is 11.1 Å². The van der Waals surface area contributed by atoms with Crippen molar-refractivity contribution in [3.63, 3.8) is 0 Å². The van der Waals surface area contributed by atoms with E-state index in [1.165, 1.54) is 0 Å². The number of carbonyl (C=O) groups is 1.